The second kappa shape index (κ2) is 7.07. The molecule has 0 unspecified atom stereocenters. The number of benzene rings is 1. The van der Waals surface area contributed by atoms with E-state index in [9.17, 15) is 9.59 Å². The maximum atomic E-state index is 12.1. The predicted molar refractivity (Wildman–Crippen MR) is 90.6 cm³/mol. The molecule has 1 saturated heterocycles. The predicted octanol–water partition coefficient (Wildman–Crippen LogP) is 3.09. The van der Waals surface area contributed by atoms with Crippen LogP contribution in [0.3, 0.4) is 0 Å². The number of nitrogens with zero attached hydrogens (tertiary/aromatic N) is 1. The second-order valence-electron chi connectivity index (χ2n) is 6.66. The van der Waals surface area contributed by atoms with Gasteiger partial charge in [0.1, 0.15) is 5.58 Å². The zero-order valence-electron chi connectivity index (χ0n) is 14.2. The molecule has 1 amide bonds. The van der Waals surface area contributed by atoms with E-state index in [0.717, 1.165) is 48.0 Å². The lowest BCUT2D eigenvalue weighted by molar-refractivity contribution is -0.152. The maximum Gasteiger partial charge on any atom is 0.310 e. The molecule has 1 aliphatic rings. The molecule has 0 atom stereocenters. The van der Waals surface area contributed by atoms with E-state index in [4.69, 9.17) is 9.15 Å². The Bertz CT molecular complexity index is 741. The molecule has 0 bridgehead atoms. The third-order valence-electron chi connectivity index (χ3n) is 4.64. The number of amides is 1. The average molecular weight is 329 g/mol. The molecule has 3 rings (SSSR count). The number of fused-ring (bicyclic) bond motifs is 1. The number of carbonyl (C=O) groups is 2. The highest BCUT2D eigenvalue weighted by molar-refractivity contribution is 5.87. The Hall–Kier alpha value is -2.30. The highest BCUT2D eigenvalue weighted by Crippen LogP contribution is 2.23. The molecule has 0 saturated carbocycles. The van der Waals surface area contributed by atoms with Crippen LogP contribution in [0.2, 0.25) is 0 Å². The molecule has 0 spiro atoms. The SMILES string of the molecule is Cc1ccc2c(CC(=O)OCC(=O)N3CCC(C)CC3)coc2c1. The lowest BCUT2D eigenvalue weighted by atomic mass is 9.99. The highest BCUT2D eigenvalue weighted by atomic mass is 16.5. The minimum Gasteiger partial charge on any atom is -0.464 e. The van der Waals surface area contributed by atoms with E-state index in [1.54, 1.807) is 11.2 Å². The van der Waals surface area contributed by atoms with Gasteiger partial charge in [-0.1, -0.05) is 19.1 Å². The van der Waals surface area contributed by atoms with Crippen LogP contribution in [0.4, 0.5) is 0 Å². The van der Waals surface area contributed by atoms with Crippen molar-refractivity contribution in [1.29, 1.82) is 0 Å². The molecule has 0 radical (unpaired) electrons. The number of furan rings is 1. The van der Waals surface area contributed by atoms with Crippen molar-refractivity contribution < 1.29 is 18.7 Å². The summed E-state index contributed by atoms with van der Waals surface area (Å²) < 4.78 is 10.6. The molecule has 5 heteroatoms. The van der Waals surface area contributed by atoms with Gasteiger partial charge in [0.25, 0.3) is 5.91 Å². The smallest absolute Gasteiger partial charge is 0.310 e. The molecule has 1 fully saturated rings. The number of hydrogen-bond acceptors (Lipinski definition) is 4. The van der Waals surface area contributed by atoms with Gasteiger partial charge < -0.3 is 14.1 Å². The second-order valence-corrected chi connectivity index (χ2v) is 6.66. The highest BCUT2D eigenvalue weighted by Gasteiger charge is 2.21. The van der Waals surface area contributed by atoms with Crippen LogP contribution >= 0.6 is 0 Å². The maximum absolute atomic E-state index is 12.1. The summed E-state index contributed by atoms with van der Waals surface area (Å²) in [4.78, 5) is 25.9. The van der Waals surface area contributed by atoms with Gasteiger partial charge in [0.05, 0.1) is 12.7 Å². The summed E-state index contributed by atoms with van der Waals surface area (Å²) in [6.45, 7) is 5.51. The minimum absolute atomic E-state index is 0.108. The number of likely N-dealkylation sites (tertiary alicyclic amines) is 1. The number of hydrogen-bond donors (Lipinski definition) is 0. The van der Waals surface area contributed by atoms with Gasteiger partial charge in [-0.3, -0.25) is 9.59 Å². The van der Waals surface area contributed by atoms with Crippen LogP contribution in [0.25, 0.3) is 11.0 Å². The zero-order chi connectivity index (χ0) is 17.1. The van der Waals surface area contributed by atoms with Gasteiger partial charge in [-0.25, -0.2) is 0 Å². The van der Waals surface area contributed by atoms with E-state index >= 15 is 0 Å². The summed E-state index contributed by atoms with van der Waals surface area (Å²) in [6, 6.07) is 5.86. The van der Waals surface area contributed by atoms with Crippen LogP contribution in [0.15, 0.2) is 28.9 Å². The van der Waals surface area contributed by atoms with Crippen molar-refractivity contribution in [3.8, 4) is 0 Å². The Morgan fingerprint density at radius 3 is 2.79 bits per heavy atom. The van der Waals surface area contributed by atoms with Crippen LogP contribution in [-0.2, 0) is 20.7 Å². The van der Waals surface area contributed by atoms with Crippen LogP contribution in [0.1, 0.15) is 30.9 Å². The van der Waals surface area contributed by atoms with E-state index < -0.39 is 5.97 Å². The molecule has 1 aromatic carbocycles. The van der Waals surface area contributed by atoms with Crippen molar-refractivity contribution in [3.05, 3.63) is 35.6 Å². The molecule has 1 aromatic heterocycles. The van der Waals surface area contributed by atoms with Crippen LogP contribution in [0, 0.1) is 12.8 Å². The molecule has 2 heterocycles. The Balaban J connectivity index is 1.52. The standard InChI is InChI=1S/C19H23NO4/c1-13-5-7-20(8-6-13)18(21)12-24-19(22)10-15-11-23-17-9-14(2)3-4-16(15)17/h3-4,9,11,13H,5-8,10,12H2,1-2H3. The molecule has 0 aliphatic carbocycles. The van der Waals surface area contributed by atoms with Crippen molar-refractivity contribution in [2.24, 2.45) is 5.92 Å². The number of aryl methyl sites for hydroxylation is 1. The van der Waals surface area contributed by atoms with E-state index in [-0.39, 0.29) is 18.9 Å². The van der Waals surface area contributed by atoms with Gasteiger partial charge in [-0.2, -0.15) is 0 Å². The van der Waals surface area contributed by atoms with Gasteiger partial charge in [0.2, 0.25) is 0 Å². The fourth-order valence-corrected chi connectivity index (χ4v) is 3.03. The van der Waals surface area contributed by atoms with Crippen LogP contribution < -0.4 is 0 Å². The van der Waals surface area contributed by atoms with Gasteiger partial charge in [-0.15, -0.1) is 0 Å². The Morgan fingerprint density at radius 1 is 1.29 bits per heavy atom. The lowest BCUT2D eigenvalue weighted by Crippen LogP contribution is -2.40. The number of carbonyl (C=O) groups excluding carboxylic acids is 2. The van der Waals surface area contributed by atoms with Gasteiger partial charge in [0.15, 0.2) is 6.61 Å². The van der Waals surface area contributed by atoms with Crippen molar-refractivity contribution in [1.82, 2.24) is 4.90 Å². The van der Waals surface area contributed by atoms with Gasteiger partial charge in [-0.05, 0) is 37.3 Å². The molecule has 0 N–H and O–H groups in total. The molecule has 2 aromatic rings. The van der Waals surface area contributed by atoms with Gasteiger partial charge in [0, 0.05) is 24.0 Å². The van der Waals surface area contributed by atoms with Crippen LogP contribution in [0.5, 0.6) is 0 Å². The molecule has 24 heavy (non-hydrogen) atoms. The summed E-state index contributed by atoms with van der Waals surface area (Å²) in [5.41, 5.74) is 2.65. The Kier molecular flexibility index (Phi) is 4.88. The number of ether oxygens (including phenoxy) is 1. The Labute approximate surface area is 141 Å². The average Bonchev–Trinajstić information content (AvgIpc) is 2.95. The quantitative estimate of drug-likeness (QED) is 0.809. The first-order valence-electron chi connectivity index (χ1n) is 8.43. The summed E-state index contributed by atoms with van der Waals surface area (Å²) in [5.74, 6) is 0.148. The zero-order valence-corrected chi connectivity index (χ0v) is 14.2. The summed E-state index contributed by atoms with van der Waals surface area (Å²) in [5, 5.41) is 0.911. The number of piperidine rings is 1. The number of esters is 1. The third kappa shape index (κ3) is 3.78. The van der Waals surface area contributed by atoms with Crippen molar-refractivity contribution in [2.75, 3.05) is 19.7 Å². The van der Waals surface area contributed by atoms with Crippen LogP contribution in [-0.4, -0.2) is 36.5 Å². The summed E-state index contributed by atoms with van der Waals surface area (Å²) >= 11 is 0. The molecule has 128 valence electrons. The largest absolute Gasteiger partial charge is 0.464 e. The van der Waals surface area contributed by atoms with E-state index in [1.165, 1.54) is 0 Å². The van der Waals surface area contributed by atoms with Crippen molar-refractivity contribution >= 4 is 22.8 Å². The number of rotatable bonds is 4. The first kappa shape index (κ1) is 16.6. The van der Waals surface area contributed by atoms with E-state index in [2.05, 4.69) is 6.92 Å². The van der Waals surface area contributed by atoms with E-state index in [0.29, 0.717) is 5.92 Å². The van der Waals surface area contributed by atoms with E-state index in [1.807, 2.05) is 25.1 Å². The first-order valence-corrected chi connectivity index (χ1v) is 8.43. The van der Waals surface area contributed by atoms with Crippen molar-refractivity contribution in [3.63, 3.8) is 0 Å². The summed E-state index contributed by atoms with van der Waals surface area (Å²) in [6.07, 6.45) is 3.72. The van der Waals surface area contributed by atoms with Gasteiger partial charge >= 0.3 is 5.97 Å². The third-order valence-corrected chi connectivity index (χ3v) is 4.64. The fourth-order valence-electron chi connectivity index (χ4n) is 3.03. The Morgan fingerprint density at radius 2 is 2.04 bits per heavy atom. The monoisotopic (exact) mass is 329 g/mol. The topological polar surface area (TPSA) is 59.8 Å². The minimum atomic E-state index is -0.406. The fraction of sp³-hybridized carbons (Fsp3) is 0.474. The first-order chi connectivity index (χ1) is 11.5. The molecular weight excluding hydrogens is 306 g/mol. The normalized spacial score (nSPS) is 15.7. The molecular formula is C19H23NO4. The van der Waals surface area contributed by atoms with Crippen molar-refractivity contribution in [2.45, 2.75) is 33.1 Å². The molecule has 5 nitrogen and oxygen atoms in total. The summed E-state index contributed by atoms with van der Waals surface area (Å²) in [7, 11) is 0. The molecule has 1 aliphatic heterocycles. The lowest BCUT2D eigenvalue weighted by Gasteiger charge is -2.30.